The van der Waals surface area contributed by atoms with E-state index >= 15 is 0 Å². The van der Waals surface area contributed by atoms with E-state index in [4.69, 9.17) is 4.74 Å². The number of hydrogen-bond donors (Lipinski definition) is 2. The van der Waals surface area contributed by atoms with E-state index in [0.29, 0.717) is 16.9 Å². The Labute approximate surface area is 122 Å². The molecule has 108 valence electrons. The van der Waals surface area contributed by atoms with Crippen molar-refractivity contribution in [3.05, 3.63) is 59.2 Å². The lowest BCUT2D eigenvalue weighted by atomic mass is 9.98. The number of aromatic hydroxyl groups is 1. The van der Waals surface area contributed by atoms with Crippen LogP contribution in [0.2, 0.25) is 0 Å². The second-order valence-electron chi connectivity index (χ2n) is 4.64. The van der Waals surface area contributed by atoms with E-state index < -0.39 is 5.97 Å². The zero-order valence-electron chi connectivity index (χ0n) is 11.8. The highest BCUT2D eigenvalue weighted by molar-refractivity contribution is 6.21. The second kappa shape index (κ2) is 6.13. The molecule has 0 fully saturated rings. The first-order chi connectivity index (χ1) is 10.0. The Kier molecular flexibility index (Phi) is 4.28. The minimum Gasteiger partial charge on any atom is -0.508 e. The Hall–Kier alpha value is -2.75. The number of rotatable bonds is 4. The number of benzene rings is 2. The van der Waals surface area contributed by atoms with Crippen molar-refractivity contribution in [3.63, 3.8) is 0 Å². The standard InChI is InChI=1S/C17H16O4/c1-11-9-14(21-2)7-8-15(11)16(17(19)20)10-12-3-5-13(18)6-4-12/h3-10,18H,1-2H3,(H,19,20)/b16-10-. The van der Waals surface area contributed by atoms with Gasteiger partial charge in [0.05, 0.1) is 12.7 Å². The summed E-state index contributed by atoms with van der Waals surface area (Å²) >= 11 is 0. The van der Waals surface area contributed by atoms with Crippen LogP contribution in [0, 0.1) is 6.92 Å². The third-order valence-corrected chi connectivity index (χ3v) is 3.16. The molecule has 0 aromatic heterocycles. The van der Waals surface area contributed by atoms with Crippen LogP contribution < -0.4 is 4.74 Å². The topological polar surface area (TPSA) is 66.8 Å². The first-order valence-electron chi connectivity index (χ1n) is 6.40. The summed E-state index contributed by atoms with van der Waals surface area (Å²) in [6.45, 7) is 1.84. The molecule has 2 aromatic carbocycles. The molecule has 2 rings (SSSR count). The highest BCUT2D eigenvalue weighted by Gasteiger charge is 2.13. The maximum Gasteiger partial charge on any atom is 0.336 e. The molecule has 0 saturated heterocycles. The summed E-state index contributed by atoms with van der Waals surface area (Å²) in [5, 5.41) is 18.7. The van der Waals surface area contributed by atoms with Gasteiger partial charge >= 0.3 is 5.97 Å². The third-order valence-electron chi connectivity index (χ3n) is 3.16. The average molecular weight is 284 g/mol. The molecule has 4 nitrogen and oxygen atoms in total. The van der Waals surface area contributed by atoms with Crippen LogP contribution >= 0.6 is 0 Å². The average Bonchev–Trinajstić information content (AvgIpc) is 2.46. The van der Waals surface area contributed by atoms with Crippen LogP contribution in [-0.2, 0) is 4.79 Å². The summed E-state index contributed by atoms with van der Waals surface area (Å²) < 4.78 is 5.13. The van der Waals surface area contributed by atoms with Crippen molar-refractivity contribution >= 4 is 17.6 Å². The van der Waals surface area contributed by atoms with Crippen molar-refractivity contribution in [2.75, 3.05) is 7.11 Å². The van der Waals surface area contributed by atoms with Crippen molar-refractivity contribution in [3.8, 4) is 11.5 Å². The second-order valence-corrected chi connectivity index (χ2v) is 4.64. The van der Waals surface area contributed by atoms with Gasteiger partial charge in [-0.3, -0.25) is 0 Å². The van der Waals surface area contributed by atoms with Crippen LogP contribution in [0.15, 0.2) is 42.5 Å². The van der Waals surface area contributed by atoms with Crippen LogP contribution in [0.25, 0.3) is 11.6 Å². The maximum absolute atomic E-state index is 11.5. The van der Waals surface area contributed by atoms with Crippen LogP contribution in [0.5, 0.6) is 11.5 Å². The van der Waals surface area contributed by atoms with Crippen molar-refractivity contribution in [2.45, 2.75) is 6.92 Å². The van der Waals surface area contributed by atoms with E-state index in [1.807, 2.05) is 6.92 Å². The predicted molar refractivity (Wildman–Crippen MR) is 81.3 cm³/mol. The van der Waals surface area contributed by atoms with Gasteiger partial charge in [0, 0.05) is 0 Å². The fourth-order valence-corrected chi connectivity index (χ4v) is 2.06. The van der Waals surface area contributed by atoms with Gasteiger partial charge in [-0.2, -0.15) is 0 Å². The molecule has 0 aliphatic rings. The summed E-state index contributed by atoms with van der Waals surface area (Å²) in [7, 11) is 1.57. The molecule has 0 heterocycles. The molecule has 4 heteroatoms. The van der Waals surface area contributed by atoms with Crippen molar-refractivity contribution in [2.24, 2.45) is 0 Å². The van der Waals surface area contributed by atoms with Crippen molar-refractivity contribution in [1.29, 1.82) is 0 Å². The minimum absolute atomic E-state index is 0.143. The number of carboxylic acid groups (broad SMARTS) is 1. The van der Waals surface area contributed by atoms with Gasteiger partial charge in [-0.25, -0.2) is 4.79 Å². The van der Waals surface area contributed by atoms with Crippen molar-refractivity contribution < 1.29 is 19.7 Å². The first-order valence-corrected chi connectivity index (χ1v) is 6.40. The summed E-state index contributed by atoms with van der Waals surface area (Å²) in [5.74, 6) is -0.174. The molecule has 21 heavy (non-hydrogen) atoms. The smallest absolute Gasteiger partial charge is 0.336 e. The number of aliphatic carboxylic acids is 1. The van der Waals surface area contributed by atoms with Gasteiger partial charge < -0.3 is 14.9 Å². The molecule has 0 aliphatic heterocycles. The molecular weight excluding hydrogens is 268 g/mol. The van der Waals surface area contributed by atoms with Gasteiger partial charge in [0.15, 0.2) is 0 Å². The Bertz CT molecular complexity index is 684. The molecule has 0 amide bonds. The number of phenolic OH excluding ortho intramolecular Hbond substituents is 1. The molecule has 0 bridgehead atoms. The SMILES string of the molecule is COc1ccc(/C(=C/c2ccc(O)cc2)C(=O)O)c(C)c1. The van der Waals surface area contributed by atoms with Crippen LogP contribution in [0.4, 0.5) is 0 Å². The highest BCUT2D eigenvalue weighted by atomic mass is 16.5. The van der Waals surface area contributed by atoms with Crippen molar-refractivity contribution in [1.82, 2.24) is 0 Å². The van der Waals surface area contributed by atoms with Crippen LogP contribution in [-0.4, -0.2) is 23.3 Å². The molecule has 0 atom stereocenters. The lowest BCUT2D eigenvalue weighted by Gasteiger charge is -2.09. The Morgan fingerprint density at radius 3 is 2.33 bits per heavy atom. The van der Waals surface area contributed by atoms with Gasteiger partial charge in [-0.05, 0) is 54.0 Å². The monoisotopic (exact) mass is 284 g/mol. The van der Waals surface area contributed by atoms with Gasteiger partial charge in [-0.1, -0.05) is 18.2 Å². The largest absolute Gasteiger partial charge is 0.508 e. The van der Waals surface area contributed by atoms with E-state index in [1.165, 1.54) is 12.1 Å². The first kappa shape index (κ1) is 14.7. The minimum atomic E-state index is -1.00. The third kappa shape index (κ3) is 3.42. The van der Waals surface area contributed by atoms with Crippen LogP contribution in [0.3, 0.4) is 0 Å². The molecule has 0 saturated carbocycles. The fourth-order valence-electron chi connectivity index (χ4n) is 2.06. The Morgan fingerprint density at radius 2 is 1.81 bits per heavy atom. The molecular formula is C17H16O4. The van der Waals surface area contributed by atoms with Gasteiger partial charge in [0.1, 0.15) is 11.5 Å². The number of ether oxygens (including phenoxy) is 1. The lowest BCUT2D eigenvalue weighted by molar-refractivity contribution is -0.130. The Balaban J connectivity index is 2.48. The van der Waals surface area contributed by atoms with Crippen LogP contribution in [0.1, 0.15) is 16.7 Å². The molecule has 0 radical (unpaired) electrons. The Morgan fingerprint density at radius 1 is 1.14 bits per heavy atom. The maximum atomic E-state index is 11.5. The summed E-state index contributed by atoms with van der Waals surface area (Å²) in [6.07, 6.45) is 1.58. The van der Waals surface area contributed by atoms with E-state index in [0.717, 1.165) is 5.56 Å². The number of methoxy groups -OCH3 is 1. The van der Waals surface area contributed by atoms with E-state index in [-0.39, 0.29) is 11.3 Å². The molecule has 0 unspecified atom stereocenters. The van der Waals surface area contributed by atoms with E-state index in [9.17, 15) is 15.0 Å². The fraction of sp³-hybridized carbons (Fsp3) is 0.118. The van der Waals surface area contributed by atoms with E-state index in [2.05, 4.69) is 0 Å². The molecule has 0 aliphatic carbocycles. The molecule has 2 N–H and O–H groups in total. The van der Waals surface area contributed by atoms with Gasteiger partial charge in [-0.15, -0.1) is 0 Å². The zero-order chi connectivity index (χ0) is 15.4. The number of aryl methyl sites for hydroxylation is 1. The zero-order valence-corrected chi connectivity index (χ0v) is 11.8. The van der Waals surface area contributed by atoms with E-state index in [1.54, 1.807) is 43.5 Å². The highest BCUT2D eigenvalue weighted by Crippen LogP contribution is 2.26. The van der Waals surface area contributed by atoms with Gasteiger partial charge in [0.25, 0.3) is 0 Å². The normalized spacial score (nSPS) is 11.2. The molecule has 2 aromatic rings. The lowest BCUT2D eigenvalue weighted by Crippen LogP contribution is -2.02. The number of carbonyl (C=O) groups is 1. The summed E-state index contributed by atoms with van der Waals surface area (Å²) in [4.78, 5) is 11.5. The number of carboxylic acids is 1. The van der Waals surface area contributed by atoms with Gasteiger partial charge in [0.2, 0.25) is 0 Å². The summed E-state index contributed by atoms with van der Waals surface area (Å²) in [6, 6.07) is 11.6. The molecule has 0 spiro atoms. The number of phenols is 1. The number of hydrogen-bond acceptors (Lipinski definition) is 3. The quantitative estimate of drug-likeness (QED) is 0.667. The predicted octanol–water partition coefficient (Wildman–Crippen LogP) is 3.33. The summed E-state index contributed by atoms with van der Waals surface area (Å²) in [5.41, 5.74) is 2.36.